The van der Waals surface area contributed by atoms with E-state index in [1.807, 2.05) is 6.92 Å². The Morgan fingerprint density at radius 1 is 1.53 bits per heavy atom. The lowest BCUT2D eigenvalue weighted by molar-refractivity contribution is 0.759. The molecule has 0 amide bonds. The maximum Gasteiger partial charge on any atom is 0.306 e. The molecule has 0 unspecified atom stereocenters. The third-order valence-electron chi connectivity index (χ3n) is 1.86. The van der Waals surface area contributed by atoms with Gasteiger partial charge in [0, 0.05) is 0 Å². The number of rotatable bonds is 2. The van der Waals surface area contributed by atoms with Gasteiger partial charge in [0.25, 0.3) is 6.57 Å². The summed E-state index contributed by atoms with van der Waals surface area (Å²) in [5.41, 5.74) is 1.51. The van der Waals surface area contributed by atoms with Gasteiger partial charge in [-0.2, -0.15) is 4.68 Å². The van der Waals surface area contributed by atoms with E-state index in [1.54, 1.807) is 6.20 Å². The molecule has 0 aromatic carbocycles. The highest BCUT2D eigenvalue weighted by atomic mass is 15.5. The van der Waals surface area contributed by atoms with E-state index in [4.69, 9.17) is 6.57 Å². The smallest absolute Gasteiger partial charge is 0.247 e. The zero-order chi connectivity index (χ0) is 10.7. The first-order valence-corrected chi connectivity index (χ1v) is 4.24. The lowest BCUT2D eigenvalue weighted by Crippen LogP contribution is -2.04. The molecule has 0 fully saturated rings. The van der Waals surface area contributed by atoms with Gasteiger partial charge in [-0.25, -0.2) is 9.97 Å². The van der Waals surface area contributed by atoms with Crippen LogP contribution in [0.1, 0.15) is 11.4 Å². The van der Waals surface area contributed by atoms with Crippen LogP contribution >= 0.6 is 0 Å². The maximum atomic E-state index is 5.08. The van der Waals surface area contributed by atoms with E-state index in [0.29, 0.717) is 12.4 Å². The van der Waals surface area contributed by atoms with E-state index in [9.17, 15) is 0 Å². The molecule has 0 bridgehead atoms. The van der Waals surface area contributed by atoms with Crippen LogP contribution in [0, 0.1) is 13.5 Å². The van der Waals surface area contributed by atoms with Gasteiger partial charge in [0.2, 0.25) is 0 Å². The molecule has 0 aliphatic rings. The van der Waals surface area contributed by atoms with Gasteiger partial charge in [-0.1, -0.05) is 4.85 Å². The van der Waals surface area contributed by atoms with Crippen LogP contribution < -0.4 is 0 Å². The van der Waals surface area contributed by atoms with Gasteiger partial charge < -0.3 is 0 Å². The molecule has 2 aromatic heterocycles. The molecule has 0 saturated carbocycles. The maximum absolute atomic E-state index is 5.08. The van der Waals surface area contributed by atoms with Crippen LogP contribution in [0.3, 0.4) is 0 Å². The van der Waals surface area contributed by atoms with Crippen LogP contribution in [-0.2, 0) is 6.54 Å². The molecule has 0 aliphatic heterocycles. The zero-order valence-corrected chi connectivity index (χ0v) is 8.07. The molecule has 0 radical (unpaired) electrons. The molecule has 0 atom stereocenters. The zero-order valence-electron chi connectivity index (χ0n) is 8.07. The van der Waals surface area contributed by atoms with Crippen molar-refractivity contribution >= 4 is 0 Å². The van der Waals surface area contributed by atoms with Crippen LogP contribution in [0.25, 0.3) is 10.7 Å². The monoisotopic (exact) mass is 202 g/mol. The molecule has 2 rings (SSSR count). The molecule has 15 heavy (non-hydrogen) atoms. The van der Waals surface area contributed by atoms with Crippen molar-refractivity contribution in [2.45, 2.75) is 13.5 Å². The van der Waals surface area contributed by atoms with Gasteiger partial charge in [0.15, 0.2) is 5.82 Å². The SMILES string of the molecule is C#[N+]Cc1ncc(-n2cnnn2)nc1C. The summed E-state index contributed by atoms with van der Waals surface area (Å²) < 4.78 is 1.43. The van der Waals surface area contributed by atoms with E-state index in [0.717, 1.165) is 11.4 Å². The highest BCUT2D eigenvalue weighted by Crippen LogP contribution is 2.06. The Labute approximate surface area is 85.6 Å². The highest BCUT2D eigenvalue weighted by Gasteiger charge is 2.08. The Morgan fingerprint density at radius 3 is 3.00 bits per heavy atom. The average Bonchev–Trinajstić information content (AvgIpc) is 2.74. The summed E-state index contributed by atoms with van der Waals surface area (Å²) in [6, 6.07) is 0. The second kappa shape index (κ2) is 3.79. The second-order valence-electron chi connectivity index (χ2n) is 2.86. The summed E-state index contributed by atoms with van der Waals surface area (Å²) in [5.74, 6) is 0.568. The normalized spacial score (nSPS) is 9.87. The van der Waals surface area contributed by atoms with Crippen LogP contribution in [-0.4, -0.2) is 30.2 Å². The van der Waals surface area contributed by atoms with Crippen molar-refractivity contribution in [1.82, 2.24) is 30.2 Å². The average molecular weight is 202 g/mol. The number of aromatic nitrogens is 6. The molecule has 7 heteroatoms. The number of hydrogen-bond acceptors (Lipinski definition) is 5. The summed E-state index contributed by atoms with van der Waals surface area (Å²) in [6.45, 7) is 7.27. The number of hydrogen-bond donors (Lipinski definition) is 0. The van der Waals surface area contributed by atoms with Crippen molar-refractivity contribution in [2.75, 3.05) is 0 Å². The largest absolute Gasteiger partial charge is 0.306 e. The third kappa shape index (κ3) is 1.78. The van der Waals surface area contributed by atoms with E-state index < -0.39 is 0 Å². The molecular formula is C8H8N7+. The molecule has 2 heterocycles. The fourth-order valence-corrected chi connectivity index (χ4v) is 1.11. The first kappa shape index (κ1) is 9.21. The van der Waals surface area contributed by atoms with Crippen molar-refractivity contribution in [3.05, 3.63) is 28.8 Å². The Kier molecular flexibility index (Phi) is 2.33. The van der Waals surface area contributed by atoms with Crippen LogP contribution in [0.4, 0.5) is 0 Å². The summed E-state index contributed by atoms with van der Waals surface area (Å²) in [5, 5.41) is 10.7. The van der Waals surface area contributed by atoms with E-state index in [1.165, 1.54) is 11.0 Å². The quantitative estimate of drug-likeness (QED) is 0.696. The van der Waals surface area contributed by atoms with Crippen molar-refractivity contribution in [3.8, 4) is 12.4 Å². The van der Waals surface area contributed by atoms with E-state index in [-0.39, 0.29) is 0 Å². The van der Waals surface area contributed by atoms with Gasteiger partial charge in [-0.3, -0.25) is 0 Å². The van der Waals surface area contributed by atoms with Crippen molar-refractivity contribution in [2.24, 2.45) is 0 Å². The molecule has 7 nitrogen and oxygen atoms in total. The Balaban J connectivity index is 2.39. The van der Waals surface area contributed by atoms with Gasteiger partial charge >= 0.3 is 6.54 Å². The highest BCUT2D eigenvalue weighted by molar-refractivity contribution is 5.21. The topological polar surface area (TPSA) is 73.7 Å². The Hall–Kier alpha value is -2.36. The first-order valence-electron chi connectivity index (χ1n) is 4.24. The number of aryl methyl sites for hydroxylation is 1. The van der Waals surface area contributed by atoms with Gasteiger partial charge in [0.1, 0.15) is 12.0 Å². The molecular weight excluding hydrogens is 194 g/mol. The Morgan fingerprint density at radius 2 is 2.40 bits per heavy atom. The predicted octanol–water partition coefficient (Wildman–Crippen LogP) is 0.223. The van der Waals surface area contributed by atoms with Crippen LogP contribution in [0.15, 0.2) is 12.5 Å². The minimum atomic E-state index is 0.356. The molecule has 0 aliphatic carbocycles. The molecule has 0 N–H and O–H groups in total. The lowest BCUT2D eigenvalue weighted by Gasteiger charge is -2.00. The molecule has 2 aromatic rings. The molecule has 0 saturated heterocycles. The molecule has 0 spiro atoms. The van der Waals surface area contributed by atoms with Gasteiger partial charge in [-0.15, -0.1) is 5.10 Å². The fourth-order valence-electron chi connectivity index (χ4n) is 1.11. The van der Waals surface area contributed by atoms with Crippen molar-refractivity contribution in [3.63, 3.8) is 0 Å². The predicted molar refractivity (Wildman–Crippen MR) is 51.5 cm³/mol. The summed E-state index contributed by atoms with van der Waals surface area (Å²) in [7, 11) is 0. The van der Waals surface area contributed by atoms with Gasteiger partial charge in [0.05, 0.1) is 11.9 Å². The van der Waals surface area contributed by atoms with E-state index in [2.05, 4.69) is 30.3 Å². The third-order valence-corrected chi connectivity index (χ3v) is 1.86. The minimum absolute atomic E-state index is 0.356. The summed E-state index contributed by atoms with van der Waals surface area (Å²) >= 11 is 0. The second-order valence-corrected chi connectivity index (χ2v) is 2.86. The van der Waals surface area contributed by atoms with Crippen molar-refractivity contribution < 1.29 is 0 Å². The summed E-state index contributed by atoms with van der Waals surface area (Å²) in [6.07, 6.45) is 3.03. The van der Waals surface area contributed by atoms with E-state index >= 15 is 0 Å². The standard InChI is InChI=1S/C8H8N7/c1-6-7(3-9-2)10-4-8(12-6)15-5-11-13-14-15/h2,4-5H,3H2,1H3/q+1. The van der Waals surface area contributed by atoms with Crippen molar-refractivity contribution in [1.29, 1.82) is 0 Å². The minimum Gasteiger partial charge on any atom is -0.247 e. The first-order chi connectivity index (χ1) is 7.31. The number of nitrogens with zero attached hydrogens (tertiary/aromatic N) is 7. The fraction of sp³-hybridized carbons (Fsp3) is 0.250. The summed E-state index contributed by atoms with van der Waals surface area (Å²) in [4.78, 5) is 12.0. The Bertz CT molecular complexity index is 496. The van der Waals surface area contributed by atoms with Crippen LogP contribution in [0.2, 0.25) is 0 Å². The molecule has 74 valence electrons. The lowest BCUT2D eigenvalue weighted by atomic mass is 10.3. The van der Waals surface area contributed by atoms with Crippen LogP contribution in [0.5, 0.6) is 0 Å². The number of tetrazole rings is 1. The van der Waals surface area contributed by atoms with Gasteiger partial charge in [-0.05, 0) is 17.4 Å².